The Morgan fingerprint density at radius 1 is 1.28 bits per heavy atom. The number of imidazole rings is 2. The van der Waals surface area contributed by atoms with Gasteiger partial charge in [0.15, 0.2) is 0 Å². The van der Waals surface area contributed by atoms with Crippen molar-refractivity contribution in [3.05, 3.63) is 54.5 Å². The summed E-state index contributed by atoms with van der Waals surface area (Å²) in [5, 5.41) is 0. The van der Waals surface area contributed by atoms with Crippen molar-refractivity contribution in [2.75, 3.05) is 26.9 Å². The predicted molar refractivity (Wildman–Crippen MR) is 93.1 cm³/mol. The van der Waals surface area contributed by atoms with E-state index in [9.17, 15) is 0 Å². The Balaban J connectivity index is 1.54. The molecule has 0 bridgehead atoms. The van der Waals surface area contributed by atoms with E-state index in [2.05, 4.69) is 24.8 Å². The lowest BCUT2D eigenvalue weighted by molar-refractivity contribution is -0.0161. The molecule has 2 aromatic heterocycles. The van der Waals surface area contributed by atoms with Crippen LogP contribution in [0, 0.1) is 0 Å². The fourth-order valence-electron chi connectivity index (χ4n) is 3.09. The molecule has 0 spiro atoms. The van der Waals surface area contributed by atoms with Gasteiger partial charge in [-0.25, -0.2) is 9.97 Å². The van der Waals surface area contributed by atoms with Crippen molar-refractivity contribution in [2.24, 2.45) is 0 Å². The Morgan fingerprint density at radius 2 is 2.16 bits per heavy atom. The first-order chi connectivity index (χ1) is 12.3. The molecule has 1 aliphatic rings. The van der Waals surface area contributed by atoms with E-state index in [1.54, 1.807) is 13.4 Å². The SMILES string of the molecule is COc1ccc(-c2cnc(C3COCCN3Cc3cnc[nH]3)[nH]2)cc1. The number of aromatic amines is 2. The van der Waals surface area contributed by atoms with Gasteiger partial charge < -0.3 is 19.4 Å². The fourth-order valence-corrected chi connectivity index (χ4v) is 3.09. The highest BCUT2D eigenvalue weighted by Gasteiger charge is 2.27. The van der Waals surface area contributed by atoms with Gasteiger partial charge >= 0.3 is 0 Å². The highest BCUT2D eigenvalue weighted by atomic mass is 16.5. The number of H-pyrrole nitrogens is 2. The number of morpholine rings is 1. The minimum absolute atomic E-state index is 0.101. The number of nitrogens with zero attached hydrogens (tertiary/aromatic N) is 3. The van der Waals surface area contributed by atoms with E-state index in [4.69, 9.17) is 9.47 Å². The number of hydrogen-bond acceptors (Lipinski definition) is 5. The summed E-state index contributed by atoms with van der Waals surface area (Å²) in [7, 11) is 1.67. The Hall–Kier alpha value is -2.64. The van der Waals surface area contributed by atoms with E-state index in [1.165, 1.54) is 0 Å². The maximum absolute atomic E-state index is 5.69. The molecule has 1 aliphatic heterocycles. The topological polar surface area (TPSA) is 79.1 Å². The van der Waals surface area contributed by atoms with E-state index >= 15 is 0 Å². The van der Waals surface area contributed by atoms with Crippen LogP contribution in [0.3, 0.4) is 0 Å². The van der Waals surface area contributed by atoms with Crippen LogP contribution in [-0.4, -0.2) is 51.7 Å². The van der Waals surface area contributed by atoms with Gasteiger partial charge in [0.05, 0.1) is 44.6 Å². The molecule has 2 N–H and O–H groups in total. The van der Waals surface area contributed by atoms with Gasteiger partial charge in [0.25, 0.3) is 0 Å². The first-order valence-electron chi connectivity index (χ1n) is 8.32. The highest BCUT2D eigenvalue weighted by molar-refractivity contribution is 5.59. The standard InChI is InChI=1S/C18H21N5O2/c1-24-15-4-2-13(3-5-15)16-9-20-18(22-16)17-11-25-7-6-23(17)10-14-8-19-12-21-14/h2-5,8-9,12,17H,6-7,10-11H2,1H3,(H,19,21)(H,20,22). The average molecular weight is 339 g/mol. The van der Waals surface area contributed by atoms with Gasteiger partial charge in [0, 0.05) is 25.0 Å². The Kier molecular flexibility index (Phi) is 4.49. The van der Waals surface area contributed by atoms with Crippen LogP contribution in [0.1, 0.15) is 17.6 Å². The van der Waals surface area contributed by atoms with Gasteiger partial charge in [-0.2, -0.15) is 0 Å². The number of rotatable bonds is 5. The Bertz CT molecular complexity index is 797. The van der Waals surface area contributed by atoms with E-state index in [0.717, 1.165) is 48.2 Å². The molecule has 1 atom stereocenters. The Morgan fingerprint density at radius 3 is 2.92 bits per heavy atom. The quantitative estimate of drug-likeness (QED) is 0.746. The van der Waals surface area contributed by atoms with Crippen LogP contribution in [-0.2, 0) is 11.3 Å². The lowest BCUT2D eigenvalue weighted by atomic mass is 10.1. The van der Waals surface area contributed by atoms with Crippen molar-refractivity contribution in [2.45, 2.75) is 12.6 Å². The van der Waals surface area contributed by atoms with E-state index < -0.39 is 0 Å². The van der Waals surface area contributed by atoms with Crippen molar-refractivity contribution in [3.63, 3.8) is 0 Å². The molecule has 0 saturated carbocycles. The molecule has 3 heterocycles. The lowest BCUT2D eigenvalue weighted by Gasteiger charge is -2.33. The van der Waals surface area contributed by atoms with Crippen LogP contribution in [0.5, 0.6) is 5.75 Å². The van der Waals surface area contributed by atoms with Crippen LogP contribution < -0.4 is 4.74 Å². The normalized spacial score (nSPS) is 18.4. The molecule has 1 fully saturated rings. The number of ether oxygens (including phenoxy) is 2. The number of hydrogen-bond donors (Lipinski definition) is 2. The molecule has 1 unspecified atom stereocenters. The van der Waals surface area contributed by atoms with Gasteiger partial charge in [0.2, 0.25) is 0 Å². The summed E-state index contributed by atoms with van der Waals surface area (Å²) in [5.74, 6) is 1.76. The molecule has 1 saturated heterocycles. The van der Waals surface area contributed by atoms with Gasteiger partial charge in [-0.1, -0.05) is 0 Å². The summed E-state index contributed by atoms with van der Waals surface area (Å²) in [6.45, 7) is 3.02. The minimum atomic E-state index is 0.101. The summed E-state index contributed by atoms with van der Waals surface area (Å²) >= 11 is 0. The van der Waals surface area contributed by atoms with Gasteiger partial charge in [0.1, 0.15) is 11.6 Å². The maximum Gasteiger partial charge on any atom is 0.126 e. The van der Waals surface area contributed by atoms with Crippen molar-refractivity contribution < 1.29 is 9.47 Å². The van der Waals surface area contributed by atoms with Crippen molar-refractivity contribution in [3.8, 4) is 17.0 Å². The number of aromatic nitrogens is 4. The molecule has 25 heavy (non-hydrogen) atoms. The summed E-state index contributed by atoms with van der Waals surface area (Å²) in [6.07, 6.45) is 5.44. The second-order valence-electron chi connectivity index (χ2n) is 6.05. The third-order valence-corrected chi connectivity index (χ3v) is 4.48. The van der Waals surface area contributed by atoms with Crippen molar-refractivity contribution in [1.29, 1.82) is 0 Å². The summed E-state index contributed by atoms with van der Waals surface area (Å²) in [5.41, 5.74) is 3.16. The van der Waals surface area contributed by atoms with Crippen molar-refractivity contribution >= 4 is 0 Å². The molecule has 7 heteroatoms. The van der Waals surface area contributed by atoms with Gasteiger partial charge in [-0.3, -0.25) is 4.90 Å². The summed E-state index contributed by atoms with van der Waals surface area (Å²) < 4.78 is 10.9. The van der Waals surface area contributed by atoms with Gasteiger partial charge in [-0.15, -0.1) is 0 Å². The average Bonchev–Trinajstić information content (AvgIpc) is 3.34. The monoisotopic (exact) mass is 339 g/mol. The van der Waals surface area contributed by atoms with Gasteiger partial charge in [-0.05, 0) is 29.8 Å². The largest absolute Gasteiger partial charge is 0.497 e. The number of nitrogens with one attached hydrogen (secondary N) is 2. The third-order valence-electron chi connectivity index (χ3n) is 4.48. The van der Waals surface area contributed by atoms with Crippen molar-refractivity contribution in [1.82, 2.24) is 24.8 Å². The molecule has 7 nitrogen and oxygen atoms in total. The Labute approximate surface area is 146 Å². The van der Waals surface area contributed by atoms with Crippen LogP contribution in [0.4, 0.5) is 0 Å². The molecule has 130 valence electrons. The first-order valence-corrected chi connectivity index (χ1v) is 8.32. The van der Waals surface area contributed by atoms with Crippen LogP contribution >= 0.6 is 0 Å². The third kappa shape index (κ3) is 3.42. The zero-order chi connectivity index (χ0) is 17.1. The van der Waals surface area contributed by atoms with E-state index in [-0.39, 0.29) is 6.04 Å². The zero-order valence-electron chi connectivity index (χ0n) is 14.1. The molecule has 4 rings (SSSR count). The summed E-state index contributed by atoms with van der Waals surface area (Å²) in [6, 6.07) is 8.05. The van der Waals surface area contributed by atoms with Crippen LogP contribution in [0.25, 0.3) is 11.3 Å². The second-order valence-corrected chi connectivity index (χ2v) is 6.05. The number of benzene rings is 1. The second kappa shape index (κ2) is 7.08. The molecule has 3 aromatic rings. The lowest BCUT2D eigenvalue weighted by Crippen LogP contribution is -2.39. The smallest absolute Gasteiger partial charge is 0.126 e. The van der Waals surface area contributed by atoms with E-state index in [1.807, 2.05) is 36.7 Å². The minimum Gasteiger partial charge on any atom is -0.497 e. The summed E-state index contributed by atoms with van der Waals surface area (Å²) in [4.78, 5) is 17.7. The molecule has 0 amide bonds. The van der Waals surface area contributed by atoms with E-state index in [0.29, 0.717) is 6.61 Å². The van der Waals surface area contributed by atoms with Crippen LogP contribution in [0.15, 0.2) is 43.0 Å². The molecule has 1 aromatic carbocycles. The maximum atomic E-state index is 5.69. The molecular formula is C18H21N5O2. The predicted octanol–water partition coefficient (Wildman–Crippen LogP) is 2.38. The van der Waals surface area contributed by atoms with Crippen LogP contribution in [0.2, 0.25) is 0 Å². The molecular weight excluding hydrogens is 318 g/mol. The molecule has 0 radical (unpaired) electrons. The highest BCUT2D eigenvalue weighted by Crippen LogP contribution is 2.27. The first kappa shape index (κ1) is 15.9. The zero-order valence-corrected chi connectivity index (χ0v) is 14.1. The molecule has 0 aliphatic carbocycles. The fraction of sp³-hybridized carbons (Fsp3) is 0.333. The number of methoxy groups -OCH3 is 1.